The van der Waals surface area contributed by atoms with Crippen molar-refractivity contribution in [2.75, 3.05) is 14.2 Å². The van der Waals surface area contributed by atoms with Gasteiger partial charge in [0.15, 0.2) is 34.6 Å². The zero-order valence-electron chi connectivity index (χ0n) is 25.8. The van der Waals surface area contributed by atoms with Crippen LogP contribution in [0.3, 0.4) is 0 Å². The summed E-state index contributed by atoms with van der Waals surface area (Å²) in [4.78, 5) is 36.7. The summed E-state index contributed by atoms with van der Waals surface area (Å²) in [6, 6.07) is 18.7. The van der Waals surface area contributed by atoms with Crippen LogP contribution in [0.1, 0.15) is 51.3 Å². The van der Waals surface area contributed by atoms with E-state index in [4.69, 9.17) is 19.2 Å². The number of carbonyl (C=O) groups excluding carboxylic acids is 2. The molecule has 0 aliphatic heterocycles. The van der Waals surface area contributed by atoms with Crippen molar-refractivity contribution in [1.82, 2.24) is 0 Å². The Morgan fingerprint density at radius 2 is 1.22 bits per heavy atom. The van der Waals surface area contributed by atoms with Gasteiger partial charge in [0, 0.05) is 27.8 Å². The van der Waals surface area contributed by atoms with Gasteiger partial charge in [0.2, 0.25) is 5.75 Å². The second-order valence-electron chi connectivity index (χ2n) is 10.3. The number of ether oxygens (including phenoxy) is 2. The van der Waals surface area contributed by atoms with E-state index in [-0.39, 0.29) is 28.8 Å². The Morgan fingerprint density at radius 1 is 0.674 bits per heavy atom. The highest BCUT2D eigenvalue weighted by Gasteiger charge is 2.16. The molecule has 0 aliphatic rings. The first-order chi connectivity index (χ1) is 22.1. The van der Waals surface area contributed by atoms with Gasteiger partial charge in [-0.3, -0.25) is 19.4 Å². The van der Waals surface area contributed by atoms with Crippen LogP contribution in [0.25, 0.3) is 12.2 Å². The van der Waals surface area contributed by atoms with E-state index in [2.05, 4.69) is 0 Å². The lowest BCUT2D eigenvalue weighted by atomic mass is 10.0. The van der Waals surface area contributed by atoms with Gasteiger partial charge >= 0.3 is 0 Å². The lowest BCUT2D eigenvalue weighted by Crippen LogP contribution is -2.05. The highest BCUT2D eigenvalue weighted by atomic mass is 17.2. The number of phenolic OH excluding ortho intramolecular Hbond substituents is 3. The molecule has 0 aliphatic carbocycles. The number of hydrogen-bond acceptors (Lipinski definition) is 9. The van der Waals surface area contributed by atoms with Crippen molar-refractivity contribution >= 4 is 23.7 Å². The Bertz CT molecular complexity index is 1790. The van der Waals surface area contributed by atoms with Gasteiger partial charge in [-0.15, -0.1) is 0 Å². The summed E-state index contributed by atoms with van der Waals surface area (Å²) < 4.78 is 10.9. The Labute approximate surface area is 266 Å². The summed E-state index contributed by atoms with van der Waals surface area (Å²) in [7, 11) is 2.89. The predicted octanol–water partition coefficient (Wildman–Crippen LogP) is 7.49. The molecule has 0 saturated heterocycles. The van der Waals surface area contributed by atoms with Gasteiger partial charge < -0.3 is 24.8 Å². The molecular formula is C37H34O9. The Balaban J connectivity index is 1.50. The highest BCUT2D eigenvalue weighted by Crippen LogP contribution is 2.39. The number of rotatable bonds is 13. The second kappa shape index (κ2) is 15.2. The van der Waals surface area contributed by atoms with Crippen molar-refractivity contribution in [1.29, 1.82) is 0 Å². The van der Waals surface area contributed by atoms with Gasteiger partial charge in [-0.05, 0) is 117 Å². The van der Waals surface area contributed by atoms with Gasteiger partial charge in [-0.1, -0.05) is 11.6 Å². The molecular weight excluding hydrogens is 588 g/mol. The number of phenols is 3. The highest BCUT2D eigenvalue weighted by molar-refractivity contribution is 6.07. The van der Waals surface area contributed by atoms with Gasteiger partial charge in [-0.25, -0.2) is 0 Å². The SMILES string of the molecule is COc1c(/C=C/C(=O)c2ccc(OOc3ccc(/C=C/C(=O)c4ccc(O)cc4)c(OC)c3CC=C(C)C)cc2)ccc(O)c1O. The fourth-order valence-electron chi connectivity index (χ4n) is 4.42. The molecule has 4 rings (SSSR count). The molecule has 0 unspecified atom stereocenters. The lowest BCUT2D eigenvalue weighted by Gasteiger charge is -2.15. The maximum Gasteiger partial charge on any atom is 0.201 e. The van der Waals surface area contributed by atoms with Crippen molar-refractivity contribution in [3.05, 3.63) is 124 Å². The van der Waals surface area contributed by atoms with E-state index in [9.17, 15) is 24.9 Å². The van der Waals surface area contributed by atoms with Crippen molar-refractivity contribution < 1.29 is 44.2 Å². The summed E-state index contributed by atoms with van der Waals surface area (Å²) in [6.45, 7) is 3.96. The first-order valence-corrected chi connectivity index (χ1v) is 14.2. The van der Waals surface area contributed by atoms with Crippen LogP contribution < -0.4 is 19.2 Å². The van der Waals surface area contributed by atoms with Crippen molar-refractivity contribution in [2.24, 2.45) is 0 Å². The second-order valence-corrected chi connectivity index (χ2v) is 10.3. The predicted molar refractivity (Wildman–Crippen MR) is 175 cm³/mol. The number of methoxy groups -OCH3 is 2. The summed E-state index contributed by atoms with van der Waals surface area (Å²) in [6.07, 6.45) is 8.41. The molecule has 0 fully saturated rings. The molecule has 0 radical (unpaired) electrons. The van der Waals surface area contributed by atoms with E-state index in [1.807, 2.05) is 19.9 Å². The van der Waals surface area contributed by atoms with Crippen molar-refractivity contribution in [3.63, 3.8) is 0 Å². The van der Waals surface area contributed by atoms with E-state index in [0.717, 1.165) is 5.57 Å². The topological polar surface area (TPSA) is 132 Å². The minimum absolute atomic E-state index is 0.0529. The first-order valence-electron chi connectivity index (χ1n) is 14.2. The third-order valence-electron chi connectivity index (χ3n) is 6.86. The van der Waals surface area contributed by atoms with Crippen LogP contribution in [0, 0.1) is 0 Å². The van der Waals surface area contributed by atoms with Crippen LogP contribution in [-0.4, -0.2) is 41.1 Å². The molecule has 9 nitrogen and oxygen atoms in total. The zero-order valence-corrected chi connectivity index (χ0v) is 25.8. The number of allylic oxidation sites excluding steroid dienone is 4. The first kappa shape index (κ1) is 32.9. The molecule has 0 bridgehead atoms. The Kier molecular flexibility index (Phi) is 10.9. The van der Waals surface area contributed by atoms with Crippen molar-refractivity contribution in [2.45, 2.75) is 20.3 Å². The zero-order chi connectivity index (χ0) is 33.2. The normalized spacial score (nSPS) is 11.0. The maximum atomic E-state index is 12.8. The molecule has 46 heavy (non-hydrogen) atoms. The summed E-state index contributed by atoms with van der Waals surface area (Å²) in [5.41, 5.74) is 3.70. The Hall–Kier alpha value is -5.96. The van der Waals surface area contributed by atoms with E-state index in [1.165, 1.54) is 56.7 Å². The Morgan fingerprint density at radius 3 is 1.78 bits per heavy atom. The molecule has 236 valence electrons. The van der Waals surface area contributed by atoms with Gasteiger partial charge in [0.05, 0.1) is 14.2 Å². The molecule has 0 spiro atoms. The third kappa shape index (κ3) is 8.15. The van der Waals surface area contributed by atoms with Crippen LogP contribution in [0.2, 0.25) is 0 Å². The molecule has 0 aromatic heterocycles. The lowest BCUT2D eigenvalue weighted by molar-refractivity contribution is -0.101. The fourth-order valence-corrected chi connectivity index (χ4v) is 4.42. The summed E-state index contributed by atoms with van der Waals surface area (Å²) in [5.74, 6) is 0.135. The molecule has 4 aromatic carbocycles. The van der Waals surface area contributed by atoms with Crippen LogP contribution >= 0.6 is 0 Å². The van der Waals surface area contributed by atoms with Crippen LogP contribution in [-0.2, 0) is 6.42 Å². The van der Waals surface area contributed by atoms with Crippen LogP contribution in [0.4, 0.5) is 0 Å². The molecule has 0 amide bonds. The quantitative estimate of drug-likeness (QED) is 0.0346. The number of carbonyl (C=O) groups is 2. The average Bonchev–Trinajstić information content (AvgIpc) is 3.06. The molecule has 3 N–H and O–H groups in total. The minimum atomic E-state index is -0.410. The number of ketones is 2. The van der Waals surface area contributed by atoms with Crippen LogP contribution in [0.15, 0.2) is 96.6 Å². The smallest absolute Gasteiger partial charge is 0.201 e. The minimum Gasteiger partial charge on any atom is -0.508 e. The number of aromatic hydroxyl groups is 3. The van der Waals surface area contributed by atoms with Gasteiger partial charge in [0.1, 0.15) is 11.5 Å². The monoisotopic (exact) mass is 622 g/mol. The van der Waals surface area contributed by atoms with E-state index >= 15 is 0 Å². The molecule has 0 heterocycles. The van der Waals surface area contributed by atoms with Crippen LogP contribution in [0.5, 0.6) is 40.2 Å². The molecule has 9 heteroatoms. The molecule has 0 atom stereocenters. The largest absolute Gasteiger partial charge is 0.508 e. The maximum absolute atomic E-state index is 12.8. The van der Waals surface area contributed by atoms with E-state index < -0.39 is 5.75 Å². The van der Waals surface area contributed by atoms with Crippen molar-refractivity contribution in [3.8, 4) is 40.2 Å². The van der Waals surface area contributed by atoms with E-state index in [0.29, 0.717) is 51.5 Å². The molecule has 0 saturated carbocycles. The van der Waals surface area contributed by atoms with E-state index in [1.54, 1.807) is 54.6 Å². The number of benzene rings is 4. The third-order valence-corrected chi connectivity index (χ3v) is 6.86. The molecule has 4 aromatic rings. The standard InChI is InChI=1S/C37H34O9/c1-23(2)5-18-30-34(22-13-26(36(30)43-3)10-19-31(39)24-6-14-28(38)15-7-24)46-45-29-16-8-25(9-17-29)32(40)20-11-27-12-21-33(41)35(42)37(27)44-4/h5-17,19-22,38,41-42H,18H2,1-4H3/b19-10+,20-11+. The summed E-state index contributed by atoms with van der Waals surface area (Å²) >= 11 is 0. The number of hydrogen-bond donors (Lipinski definition) is 3. The average molecular weight is 623 g/mol. The fraction of sp³-hybridized carbons (Fsp3) is 0.135. The summed E-state index contributed by atoms with van der Waals surface area (Å²) in [5, 5.41) is 29.1. The van der Waals surface area contributed by atoms with Gasteiger partial charge in [-0.2, -0.15) is 0 Å². The van der Waals surface area contributed by atoms with Gasteiger partial charge in [0.25, 0.3) is 0 Å².